The molecule has 2 heterocycles. The largest absolute Gasteiger partial charge is 0.465 e. The molecule has 1 aliphatic carbocycles. The molecule has 152 valence electrons. The van der Waals surface area contributed by atoms with Crippen LogP contribution in [0.15, 0.2) is 53.6 Å². The topological polar surface area (TPSA) is 29.5 Å². The number of allylic oxidation sites excluding steroid dienone is 1. The summed E-state index contributed by atoms with van der Waals surface area (Å²) < 4.78 is 5.16. The first-order valence-electron chi connectivity index (χ1n) is 10.4. The highest BCUT2D eigenvalue weighted by Crippen LogP contribution is 2.42. The first-order valence-corrected chi connectivity index (χ1v) is 11.3. The third-order valence-corrected chi connectivity index (χ3v) is 7.25. The Morgan fingerprint density at radius 1 is 1.17 bits per heavy atom. The Morgan fingerprint density at radius 2 is 1.97 bits per heavy atom. The summed E-state index contributed by atoms with van der Waals surface area (Å²) in [5.41, 5.74) is 6.46. The molecule has 0 spiro atoms. The van der Waals surface area contributed by atoms with Crippen molar-refractivity contribution in [1.29, 1.82) is 0 Å². The van der Waals surface area contributed by atoms with Gasteiger partial charge < -0.3 is 9.64 Å². The molecule has 0 fully saturated rings. The number of methoxy groups -OCH3 is 1. The zero-order chi connectivity index (χ0) is 20.4. The second-order valence-corrected chi connectivity index (χ2v) is 9.32. The molecule has 3 nitrogen and oxygen atoms in total. The number of thiophene rings is 1. The highest BCUT2D eigenvalue weighted by Gasteiger charge is 2.27. The van der Waals surface area contributed by atoms with Crippen LogP contribution in [0, 0.1) is 5.92 Å². The molecule has 4 rings (SSSR count). The Labute approximate surface area is 177 Å². The van der Waals surface area contributed by atoms with Gasteiger partial charge in [-0.2, -0.15) is 0 Å². The molecule has 1 unspecified atom stereocenters. The fraction of sp³-hybridized carbons (Fsp3) is 0.400. The highest BCUT2D eigenvalue weighted by atomic mass is 32.1. The summed E-state index contributed by atoms with van der Waals surface area (Å²) >= 11 is 1.55. The first-order chi connectivity index (χ1) is 14.1. The van der Waals surface area contributed by atoms with Crippen LogP contribution >= 0.6 is 11.3 Å². The van der Waals surface area contributed by atoms with E-state index in [1.165, 1.54) is 30.2 Å². The minimum Gasteiger partial charge on any atom is -0.465 e. The van der Waals surface area contributed by atoms with Crippen molar-refractivity contribution in [1.82, 2.24) is 4.90 Å². The van der Waals surface area contributed by atoms with Crippen LogP contribution in [-0.4, -0.2) is 38.1 Å². The van der Waals surface area contributed by atoms with Gasteiger partial charge in [-0.25, -0.2) is 4.79 Å². The minimum absolute atomic E-state index is 0.232. The van der Waals surface area contributed by atoms with Crippen molar-refractivity contribution >= 4 is 22.9 Å². The zero-order valence-electron chi connectivity index (χ0n) is 17.5. The van der Waals surface area contributed by atoms with Crippen LogP contribution in [0.1, 0.15) is 47.8 Å². The fourth-order valence-corrected chi connectivity index (χ4v) is 5.44. The van der Waals surface area contributed by atoms with E-state index in [0.29, 0.717) is 0 Å². The number of hydrogen-bond acceptors (Lipinski definition) is 4. The van der Waals surface area contributed by atoms with Crippen LogP contribution in [0.3, 0.4) is 0 Å². The normalized spacial score (nSPS) is 20.5. The predicted molar refractivity (Wildman–Crippen MR) is 121 cm³/mol. The van der Waals surface area contributed by atoms with Crippen molar-refractivity contribution in [2.45, 2.75) is 32.6 Å². The number of ether oxygens (including phenoxy) is 1. The molecule has 0 saturated heterocycles. The molecule has 0 N–H and O–H groups in total. The number of nitrogens with zero attached hydrogens (tertiary/aromatic N) is 1. The summed E-state index contributed by atoms with van der Waals surface area (Å²) in [6.07, 6.45) is 6.93. The minimum atomic E-state index is -0.232. The molecule has 29 heavy (non-hydrogen) atoms. The van der Waals surface area contributed by atoms with E-state index in [0.717, 1.165) is 59.2 Å². The van der Waals surface area contributed by atoms with Crippen molar-refractivity contribution < 1.29 is 9.53 Å². The van der Waals surface area contributed by atoms with Gasteiger partial charge in [0.2, 0.25) is 0 Å². The van der Waals surface area contributed by atoms with E-state index >= 15 is 0 Å². The van der Waals surface area contributed by atoms with Gasteiger partial charge in [-0.05, 0) is 67.0 Å². The van der Waals surface area contributed by atoms with Crippen molar-refractivity contribution in [2.24, 2.45) is 5.92 Å². The smallest absolute Gasteiger partial charge is 0.348 e. The third-order valence-electron chi connectivity index (χ3n) is 6.08. The number of carbonyl (C=O) groups is 1. The molecule has 2 aliphatic rings. The molecule has 1 aromatic heterocycles. The van der Waals surface area contributed by atoms with Crippen LogP contribution in [0.4, 0.5) is 0 Å². The molecule has 1 atom stereocenters. The molecule has 0 saturated carbocycles. The Morgan fingerprint density at radius 3 is 2.66 bits per heavy atom. The molecule has 1 aromatic carbocycles. The Hall–Kier alpha value is -2.17. The van der Waals surface area contributed by atoms with Crippen LogP contribution in [-0.2, 0) is 4.74 Å². The second kappa shape index (κ2) is 8.68. The van der Waals surface area contributed by atoms with Gasteiger partial charge in [0.05, 0.1) is 7.11 Å². The maximum absolute atomic E-state index is 12.7. The highest BCUT2D eigenvalue weighted by molar-refractivity contribution is 7.17. The van der Waals surface area contributed by atoms with E-state index < -0.39 is 0 Å². The number of carbonyl (C=O) groups excluding carboxylic acids is 1. The average molecular weight is 408 g/mol. The molecule has 1 aliphatic heterocycles. The number of hydrogen-bond donors (Lipinski definition) is 0. The Kier molecular flexibility index (Phi) is 6.02. The number of likely N-dealkylation sites (N-methyl/N-ethyl adjacent to an activating group) is 1. The molecule has 0 bridgehead atoms. The first kappa shape index (κ1) is 20.1. The lowest BCUT2D eigenvalue weighted by Gasteiger charge is -2.31. The lowest BCUT2D eigenvalue weighted by Crippen LogP contribution is -2.29. The Bertz CT molecular complexity index is 954. The summed E-state index contributed by atoms with van der Waals surface area (Å²) in [5, 5.41) is 0. The van der Waals surface area contributed by atoms with Gasteiger partial charge in [0.25, 0.3) is 0 Å². The van der Waals surface area contributed by atoms with Gasteiger partial charge in [0, 0.05) is 23.5 Å². The average Bonchev–Trinajstić information content (AvgIpc) is 3.19. The van der Waals surface area contributed by atoms with Crippen molar-refractivity contribution in [3.05, 3.63) is 64.1 Å². The van der Waals surface area contributed by atoms with Crippen molar-refractivity contribution in [3.8, 4) is 10.4 Å². The fourth-order valence-electron chi connectivity index (χ4n) is 4.33. The van der Waals surface area contributed by atoms with Gasteiger partial charge in [-0.15, -0.1) is 11.3 Å². The second-order valence-electron chi connectivity index (χ2n) is 8.26. The maximum Gasteiger partial charge on any atom is 0.348 e. The van der Waals surface area contributed by atoms with Gasteiger partial charge in [-0.1, -0.05) is 43.3 Å². The van der Waals surface area contributed by atoms with E-state index in [2.05, 4.69) is 43.1 Å². The van der Waals surface area contributed by atoms with Crippen LogP contribution in [0.5, 0.6) is 0 Å². The number of esters is 1. The molecule has 4 heteroatoms. The summed E-state index contributed by atoms with van der Waals surface area (Å²) in [6.45, 7) is 4.29. The van der Waals surface area contributed by atoms with E-state index in [1.807, 2.05) is 18.2 Å². The summed E-state index contributed by atoms with van der Waals surface area (Å²) in [4.78, 5) is 16.9. The van der Waals surface area contributed by atoms with Gasteiger partial charge in [0.1, 0.15) is 4.88 Å². The SMILES string of the molecule is COC(=O)c1sc(-c2ccccc2)cc1C1=C(C2=CCC(C)CC2)CN(C)CC1. The molecule has 2 aromatic rings. The van der Waals surface area contributed by atoms with Gasteiger partial charge in [-0.3, -0.25) is 0 Å². The molecule has 0 amide bonds. The van der Waals surface area contributed by atoms with Crippen LogP contribution < -0.4 is 0 Å². The van der Waals surface area contributed by atoms with E-state index in [1.54, 1.807) is 11.3 Å². The summed E-state index contributed by atoms with van der Waals surface area (Å²) in [7, 11) is 3.66. The summed E-state index contributed by atoms with van der Waals surface area (Å²) in [5.74, 6) is 0.532. The van der Waals surface area contributed by atoms with Crippen molar-refractivity contribution in [2.75, 3.05) is 27.2 Å². The van der Waals surface area contributed by atoms with E-state index in [9.17, 15) is 4.79 Å². The molecular weight excluding hydrogens is 378 g/mol. The standard InChI is InChI=1S/C25H29NO2S/c1-17-9-11-18(12-10-17)22-16-26(2)14-13-20(22)21-15-23(19-7-5-4-6-8-19)29-24(21)25(27)28-3/h4-8,11,15,17H,9-10,12-14,16H2,1-3H3. The zero-order valence-corrected chi connectivity index (χ0v) is 18.3. The van der Waals surface area contributed by atoms with Crippen molar-refractivity contribution in [3.63, 3.8) is 0 Å². The van der Waals surface area contributed by atoms with E-state index in [4.69, 9.17) is 4.74 Å². The van der Waals surface area contributed by atoms with E-state index in [-0.39, 0.29) is 5.97 Å². The molecule has 0 radical (unpaired) electrons. The lowest BCUT2D eigenvalue weighted by atomic mass is 9.82. The quantitative estimate of drug-likeness (QED) is 0.579. The Balaban J connectivity index is 1.85. The number of benzene rings is 1. The maximum atomic E-state index is 12.7. The van der Waals surface area contributed by atoms with Gasteiger partial charge in [0.15, 0.2) is 0 Å². The monoisotopic (exact) mass is 407 g/mol. The van der Waals surface area contributed by atoms with Crippen LogP contribution in [0.25, 0.3) is 16.0 Å². The lowest BCUT2D eigenvalue weighted by molar-refractivity contribution is 0.0606. The van der Waals surface area contributed by atoms with Gasteiger partial charge >= 0.3 is 5.97 Å². The summed E-state index contributed by atoms with van der Waals surface area (Å²) in [6, 6.07) is 12.5. The number of rotatable bonds is 4. The van der Waals surface area contributed by atoms with Crippen LogP contribution in [0.2, 0.25) is 0 Å². The third kappa shape index (κ3) is 4.24. The molecular formula is C25H29NO2S. The predicted octanol–water partition coefficient (Wildman–Crippen LogP) is 6.04.